The van der Waals surface area contributed by atoms with Crippen LogP contribution in [-0.2, 0) is 4.74 Å². The molecule has 1 atom stereocenters. The summed E-state index contributed by atoms with van der Waals surface area (Å²) in [5.41, 5.74) is 1.49. The molecule has 2 aliphatic carbocycles. The Morgan fingerprint density at radius 1 is 1.32 bits per heavy atom. The van der Waals surface area contributed by atoms with Gasteiger partial charge in [0.15, 0.2) is 0 Å². The third-order valence-corrected chi connectivity index (χ3v) is 3.93. The summed E-state index contributed by atoms with van der Waals surface area (Å²) < 4.78 is 5.27. The topological polar surface area (TPSA) is 38.3 Å². The Morgan fingerprint density at radius 3 is 3.00 bits per heavy atom. The molecule has 0 spiro atoms. The van der Waals surface area contributed by atoms with Crippen LogP contribution in [0.25, 0.3) is 0 Å². The summed E-state index contributed by atoms with van der Waals surface area (Å²) in [5.74, 6) is 0.511. The molecular weight excluding hydrogens is 238 g/mol. The lowest BCUT2D eigenvalue weighted by Crippen LogP contribution is -2.27. The van der Waals surface area contributed by atoms with Gasteiger partial charge in [0.2, 0.25) is 0 Å². The Balaban J connectivity index is 1.54. The Hall–Kier alpha value is -1.25. The highest BCUT2D eigenvalue weighted by molar-refractivity contribution is 5.67. The maximum Gasteiger partial charge on any atom is 0.407 e. The van der Waals surface area contributed by atoms with Gasteiger partial charge in [-0.1, -0.05) is 23.8 Å². The highest BCUT2D eigenvalue weighted by atomic mass is 16.5. The molecule has 2 rings (SSSR count). The first-order chi connectivity index (χ1) is 9.34. The van der Waals surface area contributed by atoms with Crippen molar-refractivity contribution in [3.05, 3.63) is 23.8 Å². The van der Waals surface area contributed by atoms with Crippen molar-refractivity contribution in [1.29, 1.82) is 0 Å². The van der Waals surface area contributed by atoms with Crippen LogP contribution in [0.1, 0.15) is 51.4 Å². The van der Waals surface area contributed by atoms with Crippen molar-refractivity contribution in [2.75, 3.05) is 13.2 Å². The summed E-state index contributed by atoms with van der Waals surface area (Å²) >= 11 is 0. The molecule has 1 N–H and O–H groups in total. The number of amides is 1. The van der Waals surface area contributed by atoms with Crippen LogP contribution in [0.3, 0.4) is 0 Å². The molecule has 0 aromatic rings. The van der Waals surface area contributed by atoms with Crippen LogP contribution in [0.2, 0.25) is 0 Å². The van der Waals surface area contributed by atoms with Crippen molar-refractivity contribution < 1.29 is 9.53 Å². The van der Waals surface area contributed by atoms with Gasteiger partial charge in [-0.25, -0.2) is 4.79 Å². The van der Waals surface area contributed by atoms with E-state index in [0.29, 0.717) is 19.1 Å². The van der Waals surface area contributed by atoms with Gasteiger partial charge >= 0.3 is 6.09 Å². The molecule has 0 aliphatic heterocycles. The second-order valence-electron chi connectivity index (χ2n) is 5.53. The average Bonchev–Trinajstić information content (AvgIpc) is 2.47. The van der Waals surface area contributed by atoms with Gasteiger partial charge < -0.3 is 10.1 Å². The van der Waals surface area contributed by atoms with Crippen molar-refractivity contribution in [3.63, 3.8) is 0 Å². The molecule has 0 bridgehead atoms. The number of nitrogens with one attached hydrogen (secondary N) is 1. The molecular formula is C16H25NO2. The van der Waals surface area contributed by atoms with Gasteiger partial charge in [0.1, 0.15) is 0 Å². The van der Waals surface area contributed by atoms with Crippen molar-refractivity contribution in [2.45, 2.75) is 51.4 Å². The normalized spacial score (nSPS) is 22.7. The molecule has 0 radical (unpaired) electrons. The summed E-state index contributed by atoms with van der Waals surface area (Å²) in [6.07, 6.45) is 15.7. The molecule has 0 heterocycles. The largest absolute Gasteiger partial charge is 0.449 e. The average molecular weight is 263 g/mol. The molecule has 0 saturated carbocycles. The summed E-state index contributed by atoms with van der Waals surface area (Å²) in [7, 11) is 0. The Morgan fingerprint density at radius 2 is 2.26 bits per heavy atom. The first-order valence-electron chi connectivity index (χ1n) is 7.58. The summed E-state index contributed by atoms with van der Waals surface area (Å²) in [5, 5.41) is 2.85. The molecule has 1 amide bonds. The maximum atomic E-state index is 11.6. The van der Waals surface area contributed by atoms with Gasteiger partial charge in [-0.3, -0.25) is 0 Å². The van der Waals surface area contributed by atoms with E-state index in [4.69, 9.17) is 4.74 Å². The standard InChI is InChI=1S/C16H25NO2/c18-16(19-13-15-9-5-2-6-10-15)17-12-11-14-7-3-1-4-8-14/h2,5,7,15H,1,3-4,6,8-13H2,(H,17,18). The molecule has 3 nitrogen and oxygen atoms in total. The number of alkyl carbamates (subject to hydrolysis) is 1. The predicted octanol–water partition coefficient (Wildman–Crippen LogP) is 3.96. The maximum absolute atomic E-state index is 11.6. The number of allylic oxidation sites excluding steroid dienone is 3. The second kappa shape index (κ2) is 8.03. The zero-order valence-electron chi connectivity index (χ0n) is 11.7. The van der Waals surface area contributed by atoms with Crippen molar-refractivity contribution in [2.24, 2.45) is 5.92 Å². The fraction of sp³-hybridized carbons (Fsp3) is 0.688. The van der Waals surface area contributed by atoms with E-state index in [1.54, 1.807) is 0 Å². The lowest BCUT2D eigenvalue weighted by molar-refractivity contribution is 0.124. The zero-order valence-corrected chi connectivity index (χ0v) is 11.7. The summed E-state index contributed by atoms with van der Waals surface area (Å²) in [6.45, 7) is 1.26. The van der Waals surface area contributed by atoms with E-state index in [9.17, 15) is 4.79 Å². The van der Waals surface area contributed by atoms with Crippen LogP contribution in [0.4, 0.5) is 4.79 Å². The van der Waals surface area contributed by atoms with Crippen LogP contribution >= 0.6 is 0 Å². The van der Waals surface area contributed by atoms with E-state index in [-0.39, 0.29) is 6.09 Å². The number of hydrogen-bond acceptors (Lipinski definition) is 2. The van der Waals surface area contributed by atoms with E-state index >= 15 is 0 Å². The molecule has 2 aliphatic rings. The molecule has 3 heteroatoms. The third kappa shape index (κ3) is 5.50. The monoisotopic (exact) mass is 263 g/mol. The number of carbonyl (C=O) groups excluding carboxylic acids is 1. The highest BCUT2D eigenvalue weighted by Gasteiger charge is 2.12. The Labute approximate surface area is 116 Å². The summed E-state index contributed by atoms with van der Waals surface area (Å²) in [4.78, 5) is 11.6. The lowest BCUT2D eigenvalue weighted by Gasteiger charge is -2.18. The number of hydrogen-bond donors (Lipinski definition) is 1. The Bertz CT molecular complexity index is 347. The quantitative estimate of drug-likeness (QED) is 0.762. The van der Waals surface area contributed by atoms with Crippen LogP contribution in [0.5, 0.6) is 0 Å². The molecule has 1 unspecified atom stereocenters. The zero-order chi connectivity index (χ0) is 13.3. The van der Waals surface area contributed by atoms with Gasteiger partial charge in [0, 0.05) is 6.54 Å². The van der Waals surface area contributed by atoms with Crippen molar-refractivity contribution >= 4 is 6.09 Å². The van der Waals surface area contributed by atoms with E-state index < -0.39 is 0 Å². The van der Waals surface area contributed by atoms with E-state index in [1.165, 1.54) is 31.3 Å². The van der Waals surface area contributed by atoms with Crippen LogP contribution < -0.4 is 5.32 Å². The smallest absolute Gasteiger partial charge is 0.407 e. The number of ether oxygens (including phenoxy) is 1. The molecule has 0 aromatic carbocycles. The van der Waals surface area contributed by atoms with Gasteiger partial charge in [0.05, 0.1) is 6.61 Å². The molecule has 0 saturated heterocycles. The van der Waals surface area contributed by atoms with E-state index in [1.807, 2.05) is 0 Å². The Kier molecular flexibility index (Phi) is 5.99. The number of rotatable bonds is 5. The van der Waals surface area contributed by atoms with Gasteiger partial charge in [-0.2, -0.15) is 0 Å². The molecule has 106 valence electrons. The minimum atomic E-state index is -0.258. The fourth-order valence-electron chi connectivity index (χ4n) is 2.71. The predicted molar refractivity (Wildman–Crippen MR) is 77.0 cm³/mol. The van der Waals surface area contributed by atoms with E-state index in [0.717, 1.165) is 25.7 Å². The van der Waals surface area contributed by atoms with Crippen molar-refractivity contribution in [3.8, 4) is 0 Å². The van der Waals surface area contributed by atoms with Gasteiger partial charge in [-0.05, 0) is 57.3 Å². The molecule has 0 aromatic heterocycles. The first-order valence-corrected chi connectivity index (χ1v) is 7.58. The molecule has 19 heavy (non-hydrogen) atoms. The third-order valence-electron chi connectivity index (χ3n) is 3.93. The number of carbonyl (C=O) groups is 1. The highest BCUT2D eigenvalue weighted by Crippen LogP contribution is 2.20. The van der Waals surface area contributed by atoms with Gasteiger partial charge in [-0.15, -0.1) is 0 Å². The second-order valence-corrected chi connectivity index (χ2v) is 5.53. The van der Waals surface area contributed by atoms with Crippen LogP contribution in [0.15, 0.2) is 23.8 Å². The summed E-state index contributed by atoms with van der Waals surface area (Å²) in [6, 6.07) is 0. The van der Waals surface area contributed by atoms with E-state index in [2.05, 4.69) is 23.5 Å². The minimum absolute atomic E-state index is 0.258. The van der Waals surface area contributed by atoms with Crippen LogP contribution in [0, 0.1) is 5.92 Å². The molecule has 0 fully saturated rings. The fourth-order valence-corrected chi connectivity index (χ4v) is 2.71. The van der Waals surface area contributed by atoms with Crippen LogP contribution in [-0.4, -0.2) is 19.2 Å². The lowest BCUT2D eigenvalue weighted by atomic mass is 9.95. The minimum Gasteiger partial charge on any atom is -0.449 e. The van der Waals surface area contributed by atoms with Gasteiger partial charge in [0.25, 0.3) is 0 Å². The van der Waals surface area contributed by atoms with Crippen molar-refractivity contribution in [1.82, 2.24) is 5.32 Å². The SMILES string of the molecule is O=C(NCCC1=CCCCC1)OCC1CC=CCC1. The first kappa shape index (κ1) is 14.2.